The van der Waals surface area contributed by atoms with Crippen LogP contribution in [0.15, 0.2) is 36.6 Å². The van der Waals surface area contributed by atoms with Crippen molar-refractivity contribution in [3.63, 3.8) is 0 Å². The molecular formula is C15H22N2O2. The molecule has 3 saturated heterocycles. The fraction of sp³-hybridized carbons (Fsp3) is 0.533. The topological polar surface area (TPSA) is 32.8 Å². The minimum atomic E-state index is -0.226. The Balaban J connectivity index is 1.98. The summed E-state index contributed by atoms with van der Waals surface area (Å²) in [6.45, 7) is 9.39. The van der Waals surface area contributed by atoms with E-state index in [1.165, 1.54) is 0 Å². The number of hydrogen-bond acceptors (Lipinski definition) is 3. The SMILES string of the molecule is C=C/C=C\C(=C/C)OC(=O)N1CCN2CCC1CC2. The van der Waals surface area contributed by atoms with Gasteiger partial charge in [-0.3, -0.25) is 0 Å². The molecule has 0 aliphatic carbocycles. The number of fused-ring (bicyclic) bond motifs is 4. The van der Waals surface area contributed by atoms with Gasteiger partial charge in [-0.25, -0.2) is 4.79 Å². The molecule has 3 heterocycles. The normalized spacial score (nSPS) is 27.4. The van der Waals surface area contributed by atoms with E-state index in [1.807, 2.05) is 11.8 Å². The Morgan fingerprint density at radius 1 is 1.26 bits per heavy atom. The van der Waals surface area contributed by atoms with Crippen LogP contribution in [0.2, 0.25) is 0 Å². The Morgan fingerprint density at radius 3 is 2.63 bits per heavy atom. The minimum absolute atomic E-state index is 0.226. The summed E-state index contributed by atoms with van der Waals surface area (Å²) < 4.78 is 5.44. The molecule has 0 saturated carbocycles. The average Bonchev–Trinajstić information content (AvgIpc) is 2.76. The van der Waals surface area contributed by atoms with Crippen LogP contribution in [-0.2, 0) is 4.74 Å². The summed E-state index contributed by atoms with van der Waals surface area (Å²) in [5, 5.41) is 0. The van der Waals surface area contributed by atoms with Crippen molar-refractivity contribution in [3.8, 4) is 0 Å². The number of nitrogens with zero attached hydrogens (tertiary/aromatic N) is 2. The molecule has 0 spiro atoms. The maximum atomic E-state index is 12.3. The number of hydrogen-bond donors (Lipinski definition) is 0. The Hall–Kier alpha value is -1.55. The van der Waals surface area contributed by atoms with Crippen LogP contribution in [0.25, 0.3) is 0 Å². The summed E-state index contributed by atoms with van der Waals surface area (Å²) in [4.78, 5) is 16.6. The zero-order valence-electron chi connectivity index (χ0n) is 11.5. The van der Waals surface area contributed by atoms with E-state index in [-0.39, 0.29) is 6.09 Å². The summed E-state index contributed by atoms with van der Waals surface area (Å²) >= 11 is 0. The van der Waals surface area contributed by atoms with Gasteiger partial charge >= 0.3 is 6.09 Å². The second-order valence-corrected chi connectivity index (χ2v) is 4.92. The number of ether oxygens (including phenoxy) is 1. The molecule has 4 nitrogen and oxygen atoms in total. The van der Waals surface area contributed by atoms with Crippen molar-refractivity contribution in [2.24, 2.45) is 0 Å². The summed E-state index contributed by atoms with van der Waals surface area (Å²) in [7, 11) is 0. The summed E-state index contributed by atoms with van der Waals surface area (Å²) in [5.41, 5.74) is 0. The van der Waals surface area contributed by atoms with Gasteiger partial charge in [-0.1, -0.05) is 18.7 Å². The molecule has 0 N–H and O–H groups in total. The summed E-state index contributed by atoms with van der Waals surface area (Å²) in [6.07, 6.45) is 8.86. The number of allylic oxidation sites excluding steroid dienone is 4. The molecule has 3 aliphatic rings. The molecule has 2 bridgehead atoms. The van der Waals surface area contributed by atoms with Gasteiger partial charge < -0.3 is 14.5 Å². The van der Waals surface area contributed by atoms with Crippen LogP contribution in [0.5, 0.6) is 0 Å². The van der Waals surface area contributed by atoms with Gasteiger partial charge in [-0.15, -0.1) is 0 Å². The van der Waals surface area contributed by atoms with Crippen LogP contribution >= 0.6 is 0 Å². The number of carbonyl (C=O) groups is 1. The third-order valence-electron chi connectivity index (χ3n) is 3.78. The van der Waals surface area contributed by atoms with Crippen molar-refractivity contribution in [1.82, 2.24) is 9.80 Å². The molecule has 19 heavy (non-hydrogen) atoms. The first kappa shape index (κ1) is 13.9. The van der Waals surface area contributed by atoms with E-state index in [4.69, 9.17) is 4.74 Å². The van der Waals surface area contributed by atoms with Gasteiger partial charge in [0.1, 0.15) is 5.76 Å². The number of rotatable bonds is 3. The van der Waals surface area contributed by atoms with E-state index < -0.39 is 0 Å². The highest BCUT2D eigenvalue weighted by molar-refractivity contribution is 5.70. The van der Waals surface area contributed by atoms with Gasteiger partial charge in [0.25, 0.3) is 0 Å². The van der Waals surface area contributed by atoms with Gasteiger partial charge in [0, 0.05) is 32.2 Å². The van der Waals surface area contributed by atoms with Crippen LogP contribution in [0.3, 0.4) is 0 Å². The molecule has 0 radical (unpaired) electrons. The van der Waals surface area contributed by atoms with Crippen LogP contribution < -0.4 is 0 Å². The zero-order valence-corrected chi connectivity index (χ0v) is 11.5. The van der Waals surface area contributed by atoms with Crippen molar-refractivity contribution >= 4 is 6.09 Å². The highest BCUT2D eigenvalue weighted by Crippen LogP contribution is 2.22. The van der Waals surface area contributed by atoms with Gasteiger partial charge in [0.15, 0.2) is 0 Å². The Labute approximate surface area is 115 Å². The third kappa shape index (κ3) is 3.47. The molecule has 0 atom stereocenters. The quantitative estimate of drug-likeness (QED) is 0.579. The Kier molecular flexibility index (Phi) is 4.80. The smallest absolute Gasteiger partial charge is 0.411 e. The first-order chi connectivity index (χ1) is 9.24. The number of amides is 1. The van der Waals surface area contributed by atoms with Crippen LogP contribution in [-0.4, -0.2) is 48.1 Å². The molecule has 0 aromatic heterocycles. The van der Waals surface area contributed by atoms with Crippen molar-refractivity contribution < 1.29 is 9.53 Å². The van der Waals surface area contributed by atoms with Gasteiger partial charge in [0.05, 0.1) is 0 Å². The van der Waals surface area contributed by atoms with Gasteiger partial charge in [0.2, 0.25) is 0 Å². The van der Waals surface area contributed by atoms with E-state index >= 15 is 0 Å². The number of piperidine rings is 1. The predicted molar refractivity (Wildman–Crippen MR) is 75.7 cm³/mol. The average molecular weight is 262 g/mol. The maximum absolute atomic E-state index is 12.3. The fourth-order valence-electron chi connectivity index (χ4n) is 2.64. The number of carbonyl (C=O) groups excluding carboxylic acids is 1. The molecule has 4 heteroatoms. The molecule has 1 amide bonds. The van der Waals surface area contributed by atoms with E-state index in [0.29, 0.717) is 11.8 Å². The molecule has 0 aromatic rings. The highest BCUT2D eigenvalue weighted by atomic mass is 16.6. The van der Waals surface area contributed by atoms with Crippen LogP contribution in [0.1, 0.15) is 19.8 Å². The lowest BCUT2D eigenvalue weighted by atomic mass is 10.1. The molecule has 0 aromatic carbocycles. The highest BCUT2D eigenvalue weighted by Gasteiger charge is 2.32. The lowest BCUT2D eigenvalue weighted by Crippen LogP contribution is -2.41. The predicted octanol–water partition coefficient (Wildman–Crippen LogP) is 2.55. The Bertz CT molecular complexity index is 393. The third-order valence-corrected chi connectivity index (χ3v) is 3.78. The van der Waals surface area contributed by atoms with Crippen molar-refractivity contribution in [2.45, 2.75) is 25.8 Å². The first-order valence-electron chi connectivity index (χ1n) is 6.91. The molecule has 0 unspecified atom stereocenters. The standard InChI is InChI=1S/C15H22N2O2/c1-3-5-6-14(4-2)19-15(18)17-12-11-16-9-7-13(17)8-10-16/h3-6,13H,1,7-12H2,2H3/b6-5-,14-4+. The van der Waals surface area contributed by atoms with E-state index in [1.54, 1.807) is 24.3 Å². The van der Waals surface area contributed by atoms with Crippen LogP contribution in [0, 0.1) is 0 Å². The van der Waals surface area contributed by atoms with Crippen molar-refractivity contribution in [2.75, 3.05) is 26.2 Å². The molecule has 104 valence electrons. The monoisotopic (exact) mass is 262 g/mol. The summed E-state index contributed by atoms with van der Waals surface area (Å²) in [5.74, 6) is 0.573. The second kappa shape index (κ2) is 6.57. The lowest BCUT2D eigenvalue weighted by molar-refractivity contribution is 0.112. The Morgan fingerprint density at radius 2 is 2.00 bits per heavy atom. The minimum Gasteiger partial charge on any atom is -0.411 e. The molecule has 3 rings (SSSR count). The van der Waals surface area contributed by atoms with Crippen molar-refractivity contribution in [3.05, 3.63) is 36.6 Å². The van der Waals surface area contributed by atoms with E-state index in [9.17, 15) is 4.79 Å². The van der Waals surface area contributed by atoms with Gasteiger partial charge in [-0.2, -0.15) is 0 Å². The second-order valence-electron chi connectivity index (χ2n) is 4.92. The zero-order chi connectivity index (χ0) is 13.7. The van der Waals surface area contributed by atoms with Gasteiger partial charge in [-0.05, 0) is 31.9 Å². The largest absolute Gasteiger partial charge is 0.415 e. The van der Waals surface area contributed by atoms with E-state index in [0.717, 1.165) is 39.0 Å². The summed E-state index contributed by atoms with van der Waals surface area (Å²) in [6, 6.07) is 0.341. The maximum Gasteiger partial charge on any atom is 0.415 e. The lowest BCUT2D eigenvalue weighted by Gasteiger charge is -2.30. The van der Waals surface area contributed by atoms with E-state index in [2.05, 4.69) is 11.5 Å². The molecular weight excluding hydrogens is 240 g/mol. The van der Waals surface area contributed by atoms with Crippen molar-refractivity contribution in [1.29, 1.82) is 0 Å². The fourth-order valence-corrected chi connectivity index (χ4v) is 2.64. The first-order valence-corrected chi connectivity index (χ1v) is 6.91. The molecule has 3 aliphatic heterocycles. The molecule has 3 fully saturated rings. The van der Waals surface area contributed by atoms with Crippen LogP contribution in [0.4, 0.5) is 4.79 Å².